The molecule has 6 heteroatoms. The van der Waals surface area contributed by atoms with Crippen LogP contribution in [0.3, 0.4) is 0 Å². The summed E-state index contributed by atoms with van der Waals surface area (Å²) >= 11 is 0. The lowest BCUT2D eigenvalue weighted by Gasteiger charge is -2.26. The molecule has 0 saturated carbocycles. The summed E-state index contributed by atoms with van der Waals surface area (Å²) in [5.74, 6) is -0.976. The van der Waals surface area contributed by atoms with E-state index in [0.29, 0.717) is 20.0 Å². The number of Topliss-reactive ketones (excluding diaryl/α,β-unsaturated/α-hetero) is 1. The molecule has 1 aliphatic heterocycles. The van der Waals surface area contributed by atoms with Crippen molar-refractivity contribution in [2.45, 2.75) is 50.4 Å². The normalized spacial score (nSPS) is 25.4. The predicted octanol–water partition coefficient (Wildman–Crippen LogP) is 1.79. The molecule has 0 aromatic heterocycles. The molecule has 1 rings (SSSR count). The molecule has 94 valence electrons. The van der Waals surface area contributed by atoms with Gasteiger partial charge in [-0.2, -0.15) is 13.2 Å². The van der Waals surface area contributed by atoms with Crippen molar-refractivity contribution < 1.29 is 22.7 Å². The van der Waals surface area contributed by atoms with Gasteiger partial charge >= 0.3 is 6.18 Å². The zero-order valence-electron chi connectivity index (χ0n) is 9.14. The summed E-state index contributed by atoms with van der Waals surface area (Å²) in [7, 11) is 0. The Morgan fingerprint density at radius 1 is 1.50 bits per heavy atom. The Labute approximate surface area is 92.1 Å². The van der Waals surface area contributed by atoms with Gasteiger partial charge in [0, 0.05) is 13.0 Å². The molecular weight excluding hydrogens is 223 g/mol. The largest absolute Gasteiger partial charge is 0.413 e. The van der Waals surface area contributed by atoms with Gasteiger partial charge in [0.25, 0.3) is 0 Å². The zero-order chi connectivity index (χ0) is 12.4. The number of nitrogens with two attached hydrogens (primary N) is 1. The first kappa shape index (κ1) is 13.4. The van der Waals surface area contributed by atoms with Gasteiger partial charge in [-0.25, -0.2) is 0 Å². The van der Waals surface area contributed by atoms with E-state index in [9.17, 15) is 18.0 Å². The predicted molar refractivity (Wildman–Crippen MR) is 51.9 cm³/mol. The van der Waals surface area contributed by atoms with Gasteiger partial charge in [-0.3, -0.25) is 4.79 Å². The van der Waals surface area contributed by atoms with Gasteiger partial charge < -0.3 is 10.5 Å². The van der Waals surface area contributed by atoms with Crippen LogP contribution in [0.1, 0.15) is 32.6 Å². The maximum absolute atomic E-state index is 12.4. The second kappa shape index (κ2) is 4.71. The summed E-state index contributed by atoms with van der Waals surface area (Å²) in [6.45, 7) is 1.34. The fraction of sp³-hybridized carbons (Fsp3) is 0.900. The number of ketones is 1. The number of carbonyl (C=O) groups is 1. The van der Waals surface area contributed by atoms with E-state index in [1.165, 1.54) is 0 Å². The Morgan fingerprint density at radius 2 is 2.12 bits per heavy atom. The van der Waals surface area contributed by atoms with Crippen molar-refractivity contribution in [2.24, 2.45) is 5.73 Å². The smallest absolute Gasteiger partial charge is 0.378 e. The molecule has 1 aliphatic rings. The van der Waals surface area contributed by atoms with E-state index in [1.807, 2.05) is 0 Å². The van der Waals surface area contributed by atoms with Crippen LogP contribution in [0.5, 0.6) is 0 Å². The molecule has 3 nitrogen and oxygen atoms in total. The average Bonchev–Trinajstić information content (AvgIpc) is 2.64. The number of ether oxygens (including phenoxy) is 1. The van der Waals surface area contributed by atoms with Gasteiger partial charge in [-0.15, -0.1) is 0 Å². The summed E-state index contributed by atoms with van der Waals surface area (Å²) in [5, 5.41) is 0. The van der Waals surface area contributed by atoms with Gasteiger partial charge in [-0.1, -0.05) is 0 Å². The molecule has 1 saturated heterocycles. The third-order valence-electron chi connectivity index (χ3n) is 2.89. The van der Waals surface area contributed by atoms with Crippen LogP contribution in [-0.2, 0) is 9.53 Å². The third-order valence-corrected chi connectivity index (χ3v) is 2.89. The summed E-state index contributed by atoms with van der Waals surface area (Å²) in [6.07, 6.45) is -2.94. The van der Waals surface area contributed by atoms with Crippen molar-refractivity contribution in [3.8, 4) is 0 Å². The molecule has 0 bridgehead atoms. The molecule has 1 heterocycles. The minimum Gasteiger partial charge on any atom is -0.378 e. The summed E-state index contributed by atoms with van der Waals surface area (Å²) in [6, 6.07) is 0. The minimum atomic E-state index is -4.69. The number of alkyl halides is 3. The fourth-order valence-corrected chi connectivity index (χ4v) is 1.58. The van der Waals surface area contributed by atoms with Crippen LogP contribution in [0.2, 0.25) is 0 Å². The molecule has 2 atom stereocenters. The molecule has 2 unspecified atom stereocenters. The van der Waals surface area contributed by atoms with Crippen LogP contribution in [0.15, 0.2) is 0 Å². The molecule has 1 fully saturated rings. The number of hydrogen-bond donors (Lipinski definition) is 1. The summed E-state index contributed by atoms with van der Waals surface area (Å²) < 4.78 is 42.4. The first-order chi connectivity index (χ1) is 7.25. The number of hydrogen-bond acceptors (Lipinski definition) is 3. The van der Waals surface area contributed by atoms with Crippen LogP contribution in [0.4, 0.5) is 13.2 Å². The molecular formula is C10H16F3NO2. The highest BCUT2D eigenvalue weighted by Gasteiger charge is 2.53. The maximum atomic E-state index is 12.4. The Kier molecular flexibility index (Phi) is 3.96. The van der Waals surface area contributed by atoms with E-state index >= 15 is 0 Å². The summed E-state index contributed by atoms with van der Waals surface area (Å²) in [4.78, 5) is 11.4. The van der Waals surface area contributed by atoms with Crippen molar-refractivity contribution in [1.29, 1.82) is 0 Å². The topological polar surface area (TPSA) is 52.3 Å². The van der Waals surface area contributed by atoms with E-state index in [4.69, 9.17) is 10.5 Å². The highest BCUT2D eigenvalue weighted by Crippen LogP contribution is 2.30. The number of carbonyl (C=O) groups excluding carboxylic acids is 1. The molecule has 0 radical (unpaired) electrons. The highest BCUT2D eigenvalue weighted by atomic mass is 19.4. The number of halogens is 3. The fourth-order valence-electron chi connectivity index (χ4n) is 1.58. The SMILES string of the molecule is CC(N)(C(=O)CCC1CCCO1)C(F)(F)F. The molecule has 16 heavy (non-hydrogen) atoms. The lowest BCUT2D eigenvalue weighted by molar-refractivity contribution is -0.186. The van der Waals surface area contributed by atoms with Crippen molar-refractivity contribution in [3.05, 3.63) is 0 Å². The van der Waals surface area contributed by atoms with E-state index in [0.717, 1.165) is 12.8 Å². The minimum absolute atomic E-state index is 0.0898. The van der Waals surface area contributed by atoms with Crippen molar-refractivity contribution in [1.82, 2.24) is 0 Å². The van der Waals surface area contributed by atoms with Crippen LogP contribution in [0.25, 0.3) is 0 Å². The number of rotatable bonds is 4. The van der Waals surface area contributed by atoms with Crippen LogP contribution in [0, 0.1) is 0 Å². The van der Waals surface area contributed by atoms with Crippen LogP contribution >= 0.6 is 0 Å². The van der Waals surface area contributed by atoms with Crippen LogP contribution < -0.4 is 5.73 Å². The first-order valence-corrected chi connectivity index (χ1v) is 5.25. The standard InChI is InChI=1S/C10H16F3NO2/c1-9(14,10(11,12)13)8(15)5-4-7-3-2-6-16-7/h7H,2-6,14H2,1H3. The van der Waals surface area contributed by atoms with Gasteiger partial charge in [0.1, 0.15) is 0 Å². The summed E-state index contributed by atoms with van der Waals surface area (Å²) in [5.41, 5.74) is 2.26. The maximum Gasteiger partial charge on any atom is 0.413 e. The Hall–Kier alpha value is -0.620. The van der Waals surface area contributed by atoms with Gasteiger partial charge in [-0.05, 0) is 26.2 Å². The second-order valence-corrected chi connectivity index (χ2v) is 4.30. The monoisotopic (exact) mass is 239 g/mol. The third kappa shape index (κ3) is 2.95. The van der Waals surface area contributed by atoms with E-state index < -0.39 is 17.5 Å². The Bertz CT molecular complexity index is 257. The lowest BCUT2D eigenvalue weighted by Crippen LogP contribution is -2.57. The van der Waals surface area contributed by atoms with E-state index in [1.54, 1.807) is 0 Å². The van der Waals surface area contributed by atoms with Crippen molar-refractivity contribution in [2.75, 3.05) is 6.61 Å². The van der Waals surface area contributed by atoms with E-state index in [-0.39, 0.29) is 12.5 Å². The average molecular weight is 239 g/mol. The molecule has 0 spiro atoms. The van der Waals surface area contributed by atoms with Crippen molar-refractivity contribution >= 4 is 5.78 Å². The van der Waals surface area contributed by atoms with Crippen molar-refractivity contribution in [3.63, 3.8) is 0 Å². The van der Waals surface area contributed by atoms with E-state index in [2.05, 4.69) is 0 Å². The second-order valence-electron chi connectivity index (χ2n) is 4.30. The first-order valence-electron chi connectivity index (χ1n) is 5.25. The van der Waals surface area contributed by atoms with Gasteiger partial charge in [0.05, 0.1) is 6.10 Å². The van der Waals surface area contributed by atoms with Gasteiger partial charge in [0.2, 0.25) is 0 Å². The van der Waals surface area contributed by atoms with Gasteiger partial charge in [0.15, 0.2) is 11.3 Å². The Balaban J connectivity index is 2.45. The van der Waals surface area contributed by atoms with Crippen LogP contribution in [-0.4, -0.2) is 30.2 Å². The molecule has 2 N–H and O–H groups in total. The quantitative estimate of drug-likeness (QED) is 0.813. The highest BCUT2D eigenvalue weighted by molar-refractivity contribution is 5.88. The zero-order valence-corrected chi connectivity index (χ0v) is 9.14. The lowest BCUT2D eigenvalue weighted by atomic mass is 9.92. The molecule has 0 amide bonds. The Morgan fingerprint density at radius 3 is 2.56 bits per heavy atom. The molecule has 0 aromatic rings. The molecule has 0 aromatic carbocycles. The molecule has 0 aliphatic carbocycles.